The lowest BCUT2D eigenvalue weighted by atomic mass is 9.92. The largest absolute Gasteiger partial charge is 0.292 e. The summed E-state index contributed by atoms with van der Waals surface area (Å²) in [4.78, 5) is 2.00. The van der Waals surface area contributed by atoms with Crippen molar-refractivity contribution in [2.45, 2.75) is 45.1 Å². The van der Waals surface area contributed by atoms with Crippen LogP contribution in [0.15, 0.2) is 24.3 Å². The van der Waals surface area contributed by atoms with Gasteiger partial charge in [0.1, 0.15) is 5.54 Å². The quantitative estimate of drug-likeness (QED) is 0.791. The van der Waals surface area contributed by atoms with E-state index < -0.39 is 0 Å². The third-order valence-corrected chi connectivity index (χ3v) is 3.77. The first kappa shape index (κ1) is 14.7. The van der Waals surface area contributed by atoms with Crippen LogP contribution in [0.3, 0.4) is 0 Å². The zero-order valence-corrected chi connectivity index (χ0v) is 12.2. The van der Waals surface area contributed by atoms with E-state index in [0.29, 0.717) is 5.92 Å². The average Bonchev–Trinajstić information content (AvgIpc) is 2.36. The van der Waals surface area contributed by atoms with Gasteiger partial charge in [-0.05, 0) is 50.9 Å². The van der Waals surface area contributed by atoms with Crippen LogP contribution in [-0.2, 0) is 6.42 Å². The first-order chi connectivity index (χ1) is 8.39. The van der Waals surface area contributed by atoms with Gasteiger partial charge in [-0.1, -0.05) is 38.1 Å². The average molecular weight is 244 g/mol. The molecule has 2 nitrogen and oxygen atoms in total. The molecule has 0 spiro atoms. The van der Waals surface area contributed by atoms with Crippen molar-refractivity contribution < 1.29 is 0 Å². The fourth-order valence-electron chi connectivity index (χ4n) is 1.84. The van der Waals surface area contributed by atoms with Gasteiger partial charge in [0.05, 0.1) is 6.07 Å². The van der Waals surface area contributed by atoms with E-state index in [2.05, 4.69) is 44.2 Å². The van der Waals surface area contributed by atoms with Gasteiger partial charge in [0.15, 0.2) is 0 Å². The van der Waals surface area contributed by atoms with Crippen molar-refractivity contribution in [3.8, 4) is 6.07 Å². The third kappa shape index (κ3) is 3.58. The Balaban J connectivity index is 2.67. The molecular weight excluding hydrogens is 220 g/mol. The minimum Gasteiger partial charge on any atom is -0.292 e. The molecule has 0 N–H and O–H groups in total. The second-order valence-electron chi connectivity index (χ2n) is 5.68. The molecule has 98 valence electrons. The van der Waals surface area contributed by atoms with Crippen LogP contribution < -0.4 is 0 Å². The molecule has 0 aliphatic heterocycles. The summed E-state index contributed by atoms with van der Waals surface area (Å²) >= 11 is 0. The highest BCUT2D eigenvalue weighted by Crippen LogP contribution is 2.20. The molecule has 0 bridgehead atoms. The molecular formula is C16H24N2. The summed E-state index contributed by atoms with van der Waals surface area (Å²) < 4.78 is 0. The Labute approximate surface area is 111 Å². The fourth-order valence-corrected chi connectivity index (χ4v) is 1.84. The molecule has 1 aromatic rings. The molecule has 2 heteroatoms. The maximum absolute atomic E-state index is 9.26. The van der Waals surface area contributed by atoms with Crippen molar-refractivity contribution in [1.82, 2.24) is 4.90 Å². The molecule has 0 aliphatic rings. The summed E-state index contributed by atoms with van der Waals surface area (Å²) in [7, 11) is 3.93. The molecule has 0 saturated carbocycles. The summed E-state index contributed by atoms with van der Waals surface area (Å²) in [5, 5.41) is 9.26. The molecule has 18 heavy (non-hydrogen) atoms. The molecule has 1 aromatic carbocycles. The fraction of sp³-hybridized carbons (Fsp3) is 0.562. The topological polar surface area (TPSA) is 27.0 Å². The van der Waals surface area contributed by atoms with E-state index in [9.17, 15) is 5.26 Å². The van der Waals surface area contributed by atoms with Gasteiger partial charge in [-0.2, -0.15) is 5.26 Å². The Morgan fingerprint density at radius 3 is 2.17 bits per heavy atom. The van der Waals surface area contributed by atoms with Gasteiger partial charge in [0, 0.05) is 0 Å². The van der Waals surface area contributed by atoms with Crippen LogP contribution in [-0.4, -0.2) is 24.5 Å². The molecule has 0 aliphatic carbocycles. The van der Waals surface area contributed by atoms with Crippen molar-refractivity contribution in [2.75, 3.05) is 14.1 Å². The van der Waals surface area contributed by atoms with E-state index in [1.165, 1.54) is 11.1 Å². The Morgan fingerprint density at radius 1 is 1.22 bits per heavy atom. The molecule has 0 radical (unpaired) electrons. The number of aryl methyl sites for hydroxylation is 1. The van der Waals surface area contributed by atoms with Crippen LogP contribution in [0.5, 0.6) is 0 Å². The smallest absolute Gasteiger partial charge is 0.106 e. The van der Waals surface area contributed by atoms with E-state index in [4.69, 9.17) is 0 Å². The lowest BCUT2D eigenvalue weighted by molar-refractivity contribution is 0.224. The second-order valence-corrected chi connectivity index (χ2v) is 5.68. The van der Waals surface area contributed by atoms with E-state index >= 15 is 0 Å². The standard InChI is InChI=1S/C16H24N2/c1-13(2)15-8-6-14(7-9-15)10-11-16(3,12-17)18(4)5/h6-9,13H,10-11H2,1-5H3. The zero-order chi connectivity index (χ0) is 13.8. The summed E-state index contributed by atoms with van der Waals surface area (Å²) in [6.07, 6.45) is 1.80. The first-order valence-electron chi connectivity index (χ1n) is 6.56. The Bertz CT molecular complexity index is 412. The molecule has 0 aromatic heterocycles. The molecule has 0 fully saturated rings. The summed E-state index contributed by atoms with van der Waals surface area (Å²) in [5.41, 5.74) is 2.30. The van der Waals surface area contributed by atoms with Crippen molar-refractivity contribution >= 4 is 0 Å². The highest BCUT2D eigenvalue weighted by Gasteiger charge is 2.25. The molecule has 0 amide bonds. The van der Waals surface area contributed by atoms with E-state index in [-0.39, 0.29) is 5.54 Å². The summed E-state index contributed by atoms with van der Waals surface area (Å²) in [6.45, 7) is 6.40. The number of hydrogen-bond acceptors (Lipinski definition) is 2. The lowest BCUT2D eigenvalue weighted by Crippen LogP contribution is -2.40. The summed E-state index contributed by atoms with van der Waals surface area (Å²) in [6, 6.07) is 11.2. The predicted octanol–water partition coefficient (Wildman–Crippen LogP) is 3.59. The predicted molar refractivity (Wildman–Crippen MR) is 76.6 cm³/mol. The maximum atomic E-state index is 9.26. The van der Waals surface area contributed by atoms with Crippen molar-refractivity contribution in [2.24, 2.45) is 0 Å². The van der Waals surface area contributed by atoms with Crippen molar-refractivity contribution in [1.29, 1.82) is 5.26 Å². The van der Waals surface area contributed by atoms with Crippen molar-refractivity contribution in [3.63, 3.8) is 0 Å². The number of rotatable bonds is 5. The van der Waals surface area contributed by atoms with Gasteiger partial charge in [-0.15, -0.1) is 0 Å². The minimum atomic E-state index is -0.378. The van der Waals surface area contributed by atoms with Crippen LogP contribution in [0.25, 0.3) is 0 Å². The second kappa shape index (κ2) is 6.02. The molecule has 1 atom stereocenters. The van der Waals surface area contributed by atoms with E-state index in [0.717, 1.165) is 12.8 Å². The van der Waals surface area contributed by atoms with Crippen LogP contribution in [0, 0.1) is 11.3 Å². The Morgan fingerprint density at radius 2 is 1.78 bits per heavy atom. The Kier molecular flexibility index (Phi) is 4.93. The van der Waals surface area contributed by atoms with Gasteiger partial charge in [0.2, 0.25) is 0 Å². The van der Waals surface area contributed by atoms with Crippen LogP contribution in [0.4, 0.5) is 0 Å². The molecule has 1 rings (SSSR count). The van der Waals surface area contributed by atoms with Gasteiger partial charge >= 0.3 is 0 Å². The van der Waals surface area contributed by atoms with Crippen molar-refractivity contribution in [3.05, 3.63) is 35.4 Å². The normalized spacial score (nSPS) is 14.6. The highest BCUT2D eigenvalue weighted by atomic mass is 15.1. The SMILES string of the molecule is CC(C)c1ccc(CCC(C)(C#N)N(C)C)cc1. The number of nitrogens with zero attached hydrogens (tertiary/aromatic N) is 2. The number of benzene rings is 1. The van der Waals surface area contributed by atoms with Gasteiger partial charge in [-0.25, -0.2) is 0 Å². The van der Waals surface area contributed by atoms with Gasteiger partial charge in [-0.3, -0.25) is 4.90 Å². The lowest BCUT2D eigenvalue weighted by Gasteiger charge is -2.29. The maximum Gasteiger partial charge on any atom is 0.106 e. The number of hydrogen-bond donors (Lipinski definition) is 0. The van der Waals surface area contributed by atoms with Crippen LogP contribution in [0.2, 0.25) is 0 Å². The van der Waals surface area contributed by atoms with Crippen LogP contribution >= 0.6 is 0 Å². The molecule has 0 heterocycles. The van der Waals surface area contributed by atoms with E-state index in [1.54, 1.807) is 0 Å². The first-order valence-corrected chi connectivity index (χ1v) is 6.56. The minimum absolute atomic E-state index is 0.378. The Hall–Kier alpha value is -1.33. The highest BCUT2D eigenvalue weighted by molar-refractivity contribution is 5.25. The van der Waals surface area contributed by atoms with Gasteiger partial charge in [0.25, 0.3) is 0 Å². The third-order valence-electron chi connectivity index (χ3n) is 3.77. The molecule has 1 unspecified atom stereocenters. The molecule has 0 saturated heterocycles. The summed E-state index contributed by atoms with van der Waals surface area (Å²) in [5.74, 6) is 0.574. The van der Waals surface area contributed by atoms with Gasteiger partial charge < -0.3 is 0 Å². The monoisotopic (exact) mass is 244 g/mol. The van der Waals surface area contributed by atoms with E-state index in [1.807, 2.05) is 25.9 Å². The zero-order valence-electron chi connectivity index (χ0n) is 12.2. The van der Waals surface area contributed by atoms with Crippen LogP contribution in [0.1, 0.15) is 44.2 Å². The number of nitriles is 1.